The minimum Gasteiger partial charge on any atom is -0.485 e. The molecule has 1 atom stereocenters. The van der Waals surface area contributed by atoms with Crippen molar-refractivity contribution >= 4 is 17.5 Å². The van der Waals surface area contributed by atoms with Crippen LogP contribution in [0.3, 0.4) is 0 Å². The Morgan fingerprint density at radius 2 is 1.97 bits per heavy atom. The summed E-state index contributed by atoms with van der Waals surface area (Å²) in [7, 11) is 2.74. The van der Waals surface area contributed by atoms with Crippen LogP contribution in [0.4, 0.5) is 8.78 Å². The van der Waals surface area contributed by atoms with Crippen molar-refractivity contribution in [3.8, 4) is 11.4 Å². The second kappa shape index (κ2) is 9.41. The summed E-state index contributed by atoms with van der Waals surface area (Å²) in [6.07, 6.45) is 2.18. The molecule has 0 fully saturated rings. The van der Waals surface area contributed by atoms with Crippen molar-refractivity contribution in [1.29, 1.82) is 0 Å². The predicted molar refractivity (Wildman–Crippen MR) is 112 cm³/mol. The Balaban J connectivity index is 2.03. The van der Waals surface area contributed by atoms with Crippen molar-refractivity contribution in [2.75, 3.05) is 14.2 Å². The van der Waals surface area contributed by atoms with E-state index in [1.165, 1.54) is 37.1 Å². The summed E-state index contributed by atoms with van der Waals surface area (Å²) >= 11 is 6.22. The third-order valence-corrected chi connectivity index (χ3v) is 4.88. The molecule has 0 spiro atoms. The summed E-state index contributed by atoms with van der Waals surface area (Å²) in [5.41, 5.74) is 0.155. The fourth-order valence-electron chi connectivity index (χ4n) is 2.81. The van der Waals surface area contributed by atoms with Gasteiger partial charge in [-0.05, 0) is 25.5 Å². The summed E-state index contributed by atoms with van der Waals surface area (Å²) in [6.45, 7) is 1.58. The van der Waals surface area contributed by atoms with E-state index in [9.17, 15) is 18.4 Å². The molecule has 32 heavy (non-hydrogen) atoms. The van der Waals surface area contributed by atoms with E-state index >= 15 is 0 Å². The zero-order valence-corrected chi connectivity index (χ0v) is 18.3. The molecule has 1 amide bonds. The molecule has 168 valence electrons. The van der Waals surface area contributed by atoms with Crippen LogP contribution in [-0.4, -0.2) is 39.7 Å². The van der Waals surface area contributed by atoms with Crippen molar-refractivity contribution in [1.82, 2.24) is 19.6 Å². The van der Waals surface area contributed by atoms with Gasteiger partial charge in [0.2, 0.25) is 0 Å². The monoisotopic (exact) mass is 465 g/mol. The molecule has 3 rings (SSSR count). The largest absolute Gasteiger partial charge is 0.485 e. The van der Waals surface area contributed by atoms with E-state index in [-0.39, 0.29) is 16.5 Å². The van der Waals surface area contributed by atoms with Gasteiger partial charge in [0.1, 0.15) is 34.6 Å². The molecule has 3 aromatic heterocycles. The normalized spacial score (nSPS) is 12.3. The number of aromatic nitrogens is 3. The molecule has 8 nitrogen and oxygen atoms in total. The van der Waals surface area contributed by atoms with Crippen LogP contribution in [0.1, 0.15) is 28.8 Å². The maximum Gasteiger partial charge on any atom is 0.295 e. The predicted octanol–water partition coefficient (Wildman–Crippen LogP) is 3.39. The smallest absolute Gasteiger partial charge is 0.295 e. The highest BCUT2D eigenvalue weighted by Gasteiger charge is 2.19. The van der Waals surface area contributed by atoms with E-state index in [0.717, 1.165) is 11.3 Å². The zero-order chi connectivity index (χ0) is 24.4. The number of hydrogen-bond donors (Lipinski definition) is 0. The lowest BCUT2D eigenvalue weighted by Crippen LogP contribution is -2.27. The summed E-state index contributed by atoms with van der Waals surface area (Å²) in [5.74, 6) is -2.67. The first-order chi connectivity index (χ1) is 15.5. The van der Waals surface area contributed by atoms with E-state index < -0.39 is 35.4 Å². The van der Waals surface area contributed by atoms with Gasteiger partial charge in [-0.2, -0.15) is 0 Å². The minimum absolute atomic E-state index is 0.0341. The van der Waals surface area contributed by atoms with Gasteiger partial charge in [-0.15, -0.1) is 0 Å². The number of amides is 1. The highest BCUT2D eigenvalue weighted by molar-refractivity contribution is 6.31. The first-order valence-electron chi connectivity index (χ1n) is 9.74. The second-order valence-electron chi connectivity index (χ2n) is 6.70. The number of hydrogen-bond acceptors (Lipinski definition) is 6. The van der Waals surface area contributed by atoms with Crippen molar-refractivity contribution in [2.45, 2.75) is 20.4 Å². The number of carbonyl (C=O) groups excluding carboxylic acids is 1. The van der Waals surface area contributed by atoms with Gasteiger partial charge in [0.25, 0.3) is 11.5 Å². The number of ether oxygens (including phenoxy) is 1. The molecular formula is C21H19ClF2N4O4. The number of carbonyl (C=O) groups is 1. The lowest BCUT2D eigenvalue weighted by atomic mass is 10.2. The van der Waals surface area contributed by atoms with Gasteiger partial charge in [-0.1, -0.05) is 11.6 Å². The van der Waals surface area contributed by atoms with Gasteiger partial charge >= 0.3 is 0 Å². The molecule has 0 aliphatic heterocycles. The van der Waals surface area contributed by atoms with Gasteiger partial charge in [-0.3, -0.25) is 29.0 Å². The Morgan fingerprint density at radius 3 is 2.62 bits per heavy atom. The Labute approximate surface area is 188 Å². The number of aryl methyl sites for hydroxylation is 2. The third kappa shape index (κ3) is 4.61. The van der Waals surface area contributed by atoms with Gasteiger partial charge < -0.3 is 4.74 Å². The van der Waals surface area contributed by atoms with Crippen molar-refractivity contribution in [2.24, 2.45) is 0 Å². The van der Waals surface area contributed by atoms with E-state index in [4.69, 9.17) is 22.5 Å². The summed E-state index contributed by atoms with van der Waals surface area (Å²) in [5, 5.41) is 0.608. The van der Waals surface area contributed by atoms with Crippen LogP contribution in [0.5, 0.6) is 5.75 Å². The van der Waals surface area contributed by atoms with E-state index in [0.29, 0.717) is 23.0 Å². The molecule has 3 heterocycles. The van der Waals surface area contributed by atoms with Gasteiger partial charge in [0.15, 0.2) is 5.82 Å². The van der Waals surface area contributed by atoms with Crippen molar-refractivity contribution < 1.29 is 24.5 Å². The highest BCUT2D eigenvalue weighted by Crippen LogP contribution is 2.26. The second-order valence-corrected chi connectivity index (χ2v) is 7.08. The molecule has 1 unspecified atom stereocenters. The summed E-state index contributed by atoms with van der Waals surface area (Å²) in [4.78, 5) is 38.0. The fourth-order valence-corrected chi connectivity index (χ4v) is 3.00. The number of hydroxylamine groups is 2. The van der Waals surface area contributed by atoms with E-state index in [1.54, 1.807) is 13.8 Å². The zero-order valence-electron chi connectivity index (χ0n) is 18.5. The topological polar surface area (TPSA) is 86.5 Å². The Morgan fingerprint density at radius 1 is 1.25 bits per heavy atom. The van der Waals surface area contributed by atoms with Crippen LogP contribution in [0.15, 0.2) is 35.4 Å². The number of nitrogens with zero attached hydrogens (tertiary/aromatic N) is 4. The molecule has 3 aromatic rings. The van der Waals surface area contributed by atoms with E-state index in [1.807, 2.05) is 0 Å². The van der Waals surface area contributed by atoms with Crippen molar-refractivity contribution in [3.05, 3.63) is 80.2 Å². The lowest BCUT2D eigenvalue weighted by Gasteiger charge is -2.18. The average Bonchev–Trinajstić information content (AvgIpc) is 2.77. The maximum absolute atomic E-state index is 13.9. The number of pyridine rings is 3. The Hall–Kier alpha value is -3.37. The molecule has 0 N–H and O–H groups in total. The minimum atomic E-state index is -1.70. The molecule has 0 saturated heterocycles. The van der Waals surface area contributed by atoms with Crippen LogP contribution in [0.25, 0.3) is 5.69 Å². The summed E-state index contributed by atoms with van der Waals surface area (Å²) < 4.78 is 41.6. The Kier molecular flexibility index (Phi) is 6.42. The molecule has 0 aromatic carbocycles. The molecule has 0 aliphatic rings. The Bertz CT molecular complexity index is 1290. The molecule has 0 aliphatic carbocycles. The fraction of sp³-hybridized carbons (Fsp3) is 0.238. The first kappa shape index (κ1) is 21.8. The molecule has 11 heteroatoms. The number of rotatable bonds is 6. The van der Waals surface area contributed by atoms with Gasteiger partial charge in [-0.25, -0.2) is 13.8 Å². The SMILES string of the molecule is [2H]C(Oc1cc(C)n(-c2cc(C(=O)N(C)OC)ncc2C)c(=O)c1Cl)c1ncc(F)cc1F. The van der Waals surface area contributed by atoms with Crippen molar-refractivity contribution in [3.63, 3.8) is 0 Å². The van der Waals surface area contributed by atoms with Crippen LogP contribution in [0.2, 0.25) is 5.02 Å². The highest BCUT2D eigenvalue weighted by atomic mass is 35.5. The van der Waals surface area contributed by atoms with Crippen LogP contribution >= 0.6 is 11.6 Å². The van der Waals surface area contributed by atoms with Gasteiger partial charge in [0.05, 0.1) is 20.4 Å². The average molecular weight is 466 g/mol. The maximum atomic E-state index is 13.9. The van der Waals surface area contributed by atoms with E-state index in [2.05, 4.69) is 9.97 Å². The molecular weight excluding hydrogens is 446 g/mol. The van der Waals surface area contributed by atoms with Crippen LogP contribution in [0, 0.1) is 25.5 Å². The number of halogens is 3. The molecule has 0 bridgehead atoms. The standard InChI is InChI=1S/C21H19ClF2N4O4/c1-11-8-25-15(20(29)27(3)31-4)7-17(11)28-12(2)5-18(19(22)21(28)30)32-10-16-14(24)6-13(23)9-26-16/h5-9H,10H2,1-4H3/i10D. The van der Waals surface area contributed by atoms with Crippen LogP contribution < -0.4 is 10.3 Å². The third-order valence-electron chi connectivity index (χ3n) is 4.53. The van der Waals surface area contributed by atoms with Gasteiger partial charge in [0, 0.05) is 31.1 Å². The summed E-state index contributed by atoms with van der Waals surface area (Å²) in [6, 6.07) is 3.38. The first-order valence-corrected chi connectivity index (χ1v) is 9.54. The lowest BCUT2D eigenvalue weighted by molar-refractivity contribution is -0.0760. The molecule has 0 radical (unpaired) electrons. The quantitative estimate of drug-likeness (QED) is 0.519. The molecule has 0 saturated carbocycles. The van der Waals surface area contributed by atoms with Crippen LogP contribution in [-0.2, 0) is 11.4 Å².